The molecule has 0 radical (unpaired) electrons. The summed E-state index contributed by atoms with van der Waals surface area (Å²) in [6.45, 7) is 10.5. The zero-order chi connectivity index (χ0) is 15.2. The highest BCUT2D eigenvalue weighted by Gasteiger charge is 2.33. The average molecular weight is 291 g/mol. The number of hydrogen-bond acceptors (Lipinski definition) is 3. The van der Waals surface area contributed by atoms with Crippen molar-refractivity contribution in [3.8, 4) is 0 Å². The number of ether oxygens (including phenoxy) is 1. The topological polar surface area (TPSA) is 39.1 Å². The predicted octanol–water partition coefficient (Wildman–Crippen LogP) is 3.46. The summed E-state index contributed by atoms with van der Waals surface area (Å²) in [5.74, 6) is 1.06. The van der Waals surface area contributed by atoms with Gasteiger partial charge in [0.2, 0.25) is 0 Å². The molecule has 0 aromatic carbocycles. The van der Waals surface area contributed by atoms with Crippen molar-refractivity contribution in [2.75, 3.05) is 6.61 Å². The maximum Gasteiger partial charge on any atom is 0.139 e. The molecule has 0 spiro atoms. The quantitative estimate of drug-likeness (QED) is 0.782. The fourth-order valence-electron chi connectivity index (χ4n) is 2.93. The van der Waals surface area contributed by atoms with Crippen LogP contribution in [0.2, 0.25) is 0 Å². The van der Waals surface area contributed by atoms with Crippen LogP contribution >= 0.6 is 0 Å². The lowest BCUT2D eigenvalue weighted by Crippen LogP contribution is -2.39. The van der Waals surface area contributed by atoms with Crippen molar-refractivity contribution in [1.82, 2.24) is 14.9 Å². The first-order chi connectivity index (χ1) is 10.1. The van der Waals surface area contributed by atoms with Crippen molar-refractivity contribution < 1.29 is 4.74 Å². The minimum absolute atomic E-state index is 0.0888. The van der Waals surface area contributed by atoms with Gasteiger partial charge in [0.25, 0.3) is 0 Å². The van der Waals surface area contributed by atoms with E-state index in [9.17, 15) is 0 Å². The standard InChI is InChI=1S/C17H29N3O/c1-5-20-11-10-18-17(20)16-15(9-12-21-16)19-14(4)8-6-7-13(2)3/h7,10-11,14-16,19H,5-6,8-9,12H2,1-4H3/t14-,15-,16-/m0/s1. The van der Waals surface area contributed by atoms with Crippen LogP contribution in [0.25, 0.3) is 0 Å². The third kappa shape index (κ3) is 4.42. The number of aryl methyl sites for hydroxylation is 1. The number of aromatic nitrogens is 2. The minimum Gasteiger partial charge on any atom is -0.369 e. The second kappa shape index (κ2) is 7.76. The van der Waals surface area contributed by atoms with E-state index in [0.29, 0.717) is 12.1 Å². The highest BCUT2D eigenvalue weighted by atomic mass is 16.5. The van der Waals surface area contributed by atoms with E-state index in [0.717, 1.165) is 38.2 Å². The normalized spacial score (nSPS) is 23.2. The molecule has 1 N–H and O–H groups in total. The van der Waals surface area contributed by atoms with Crippen LogP contribution in [0.1, 0.15) is 58.9 Å². The summed E-state index contributed by atoms with van der Waals surface area (Å²) in [5.41, 5.74) is 1.40. The van der Waals surface area contributed by atoms with E-state index in [4.69, 9.17) is 4.74 Å². The van der Waals surface area contributed by atoms with Crippen LogP contribution in [0.15, 0.2) is 24.0 Å². The molecule has 1 fully saturated rings. The van der Waals surface area contributed by atoms with Crippen molar-refractivity contribution in [2.24, 2.45) is 0 Å². The minimum atomic E-state index is 0.0888. The number of hydrogen-bond donors (Lipinski definition) is 1. The lowest BCUT2D eigenvalue weighted by molar-refractivity contribution is 0.0867. The molecular weight excluding hydrogens is 262 g/mol. The van der Waals surface area contributed by atoms with Gasteiger partial charge in [0, 0.05) is 37.6 Å². The first-order valence-corrected chi connectivity index (χ1v) is 8.13. The maximum atomic E-state index is 5.94. The molecule has 21 heavy (non-hydrogen) atoms. The Morgan fingerprint density at radius 1 is 1.57 bits per heavy atom. The molecule has 1 aliphatic heterocycles. The molecule has 3 atom stereocenters. The average Bonchev–Trinajstić information content (AvgIpc) is 3.05. The third-order valence-electron chi connectivity index (χ3n) is 4.09. The second-order valence-electron chi connectivity index (χ2n) is 6.18. The Morgan fingerprint density at radius 3 is 3.10 bits per heavy atom. The molecule has 4 heteroatoms. The van der Waals surface area contributed by atoms with Crippen molar-refractivity contribution in [1.29, 1.82) is 0 Å². The number of allylic oxidation sites excluding steroid dienone is 2. The Kier molecular flexibility index (Phi) is 6.00. The van der Waals surface area contributed by atoms with E-state index in [1.54, 1.807) is 0 Å². The summed E-state index contributed by atoms with van der Waals surface area (Å²) >= 11 is 0. The molecule has 0 aliphatic carbocycles. The molecule has 0 bridgehead atoms. The van der Waals surface area contributed by atoms with E-state index in [1.165, 1.54) is 5.57 Å². The summed E-state index contributed by atoms with van der Waals surface area (Å²) in [6.07, 6.45) is 9.67. The molecule has 0 saturated carbocycles. The van der Waals surface area contributed by atoms with Gasteiger partial charge in [-0.1, -0.05) is 11.6 Å². The fourth-order valence-corrected chi connectivity index (χ4v) is 2.93. The third-order valence-corrected chi connectivity index (χ3v) is 4.09. The fraction of sp³-hybridized carbons (Fsp3) is 0.706. The van der Waals surface area contributed by atoms with Gasteiger partial charge in [-0.05, 0) is 47.0 Å². The van der Waals surface area contributed by atoms with Gasteiger partial charge >= 0.3 is 0 Å². The van der Waals surface area contributed by atoms with E-state index in [2.05, 4.69) is 48.6 Å². The molecule has 2 heterocycles. The molecule has 0 amide bonds. The summed E-state index contributed by atoms with van der Waals surface area (Å²) in [6, 6.07) is 0.874. The smallest absolute Gasteiger partial charge is 0.139 e. The number of rotatable bonds is 7. The predicted molar refractivity (Wildman–Crippen MR) is 86.3 cm³/mol. The number of nitrogens with zero attached hydrogens (tertiary/aromatic N) is 2. The van der Waals surface area contributed by atoms with Crippen LogP contribution in [0.3, 0.4) is 0 Å². The first-order valence-electron chi connectivity index (χ1n) is 8.13. The molecule has 1 aromatic heterocycles. The van der Waals surface area contributed by atoms with Gasteiger partial charge in [0.15, 0.2) is 0 Å². The van der Waals surface area contributed by atoms with Crippen molar-refractivity contribution >= 4 is 0 Å². The van der Waals surface area contributed by atoms with Crippen LogP contribution in [0.4, 0.5) is 0 Å². The van der Waals surface area contributed by atoms with Crippen LogP contribution in [0.5, 0.6) is 0 Å². The maximum absolute atomic E-state index is 5.94. The molecular formula is C17H29N3O. The van der Waals surface area contributed by atoms with Gasteiger partial charge in [0.1, 0.15) is 11.9 Å². The van der Waals surface area contributed by atoms with E-state index >= 15 is 0 Å². The molecule has 2 rings (SSSR count). The van der Waals surface area contributed by atoms with Gasteiger partial charge < -0.3 is 14.6 Å². The second-order valence-corrected chi connectivity index (χ2v) is 6.18. The van der Waals surface area contributed by atoms with Crippen molar-refractivity contribution in [3.05, 3.63) is 29.9 Å². The monoisotopic (exact) mass is 291 g/mol. The lowest BCUT2D eigenvalue weighted by atomic mass is 10.1. The van der Waals surface area contributed by atoms with Gasteiger partial charge in [-0.2, -0.15) is 0 Å². The zero-order valence-corrected chi connectivity index (χ0v) is 13.8. The Bertz CT molecular complexity index is 462. The summed E-state index contributed by atoms with van der Waals surface area (Å²) < 4.78 is 8.12. The van der Waals surface area contributed by atoms with Crippen LogP contribution in [0, 0.1) is 0 Å². The highest BCUT2D eigenvalue weighted by molar-refractivity contribution is 5.04. The summed E-state index contributed by atoms with van der Waals surface area (Å²) in [7, 11) is 0. The van der Waals surface area contributed by atoms with E-state index < -0.39 is 0 Å². The van der Waals surface area contributed by atoms with Gasteiger partial charge in [-0.15, -0.1) is 0 Å². The Labute approximate surface area is 128 Å². The van der Waals surface area contributed by atoms with E-state index in [1.807, 2.05) is 12.4 Å². The van der Waals surface area contributed by atoms with Crippen LogP contribution in [-0.4, -0.2) is 28.2 Å². The number of imidazole rings is 1. The molecule has 0 unspecified atom stereocenters. The molecule has 1 saturated heterocycles. The van der Waals surface area contributed by atoms with Crippen molar-refractivity contribution in [2.45, 2.75) is 71.7 Å². The molecule has 1 aromatic rings. The van der Waals surface area contributed by atoms with Gasteiger partial charge in [-0.3, -0.25) is 0 Å². The number of nitrogens with one attached hydrogen (secondary N) is 1. The van der Waals surface area contributed by atoms with Crippen molar-refractivity contribution in [3.63, 3.8) is 0 Å². The lowest BCUT2D eigenvalue weighted by Gasteiger charge is -2.24. The largest absolute Gasteiger partial charge is 0.369 e. The van der Waals surface area contributed by atoms with E-state index in [-0.39, 0.29) is 6.10 Å². The molecule has 1 aliphatic rings. The molecule has 118 valence electrons. The Morgan fingerprint density at radius 2 is 2.38 bits per heavy atom. The van der Waals surface area contributed by atoms with Gasteiger partial charge in [0.05, 0.1) is 0 Å². The van der Waals surface area contributed by atoms with Crippen LogP contribution in [-0.2, 0) is 11.3 Å². The Balaban J connectivity index is 1.91. The molecule has 4 nitrogen and oxygen atoms in total. The zero-order valence-electron chi connectivity index (χ0n) is 13.8. The highest BCUT2D eigenvalue weighted by Crippen LogP contribution is 2.28. The Hall–Kier alpha value is -1.13. The summed E-state index contributed by atoms with van der Waals surface area (Å²) in [4.78, 5) is 4.50. The first kappa shape index (κ1) is 16.2. The van der Waals surface area contributed by atoms with Crippen LogP contribution < -0.4 is 5.32 Å². The van der Waals surface area contributed by atoms with Gasteiger partial charge in [-0.25, -0.2) is 4.98 Å². The summed E-state index contributed by atoms with van der Waals surface area (Å²) in [5, 5.41) is 3.73. The SMILES string of the molecule is CCn1ccnc1[C@H]1OCC[C@@H]1N[C@@H](C)CCC=C(C)C.